The second-order valence-electron chi connectivity index (χ2n) is 3.09. The van der Waals surface area contributed by atoms with Gasteiger partial charge in [-0.3, -0.25) is 0 Å². The van der Waals surface area contributed by atoms with Crippen molar-refractivity contribution in [3.8, 4) is 0 Å². The van der Waals surface area contributed by atoms with Crippen molar-refractivity contribution in [2.24, 2.45) is 0 Å². The first-order valence-electron chi connectivity index (χ1n) is 4.16. The maximum atomic E-state index is 13.0. The molecule has 13 heavy (non-hydrogen) atoms. The predicted molar refractivity (Wildman–Crippen MR) is 51.7 cm³/mol. The maximum Gasteiger partial charge on any atom is 0.130 e. The Hall–Kier alpha value is -0.600. The first kappa shape index (κ1) is 10.5. The van der Waals surface area contributed by atoms with E-state index in [2.05, 4.69) is 0 Å². The maximum absolute atomic E-state index is 13.0. The van der Waals surface area contributed by atoms with Gasteiger partial charge in [0.1, 0.15) is 6.17 Å². The number of halogens is 2. The Morgan fingerprint density at radius 3 is 2.77 bits per heavy atom. The average Bonchev–Trinajstić information content (AvgIpc) is 2.04. The number of alkyl halides is 1. The second-order valence-corrected chi connectivity index (χ2v) is 3.53. The Labute approximate surface area is 82.2 Å². The lowest BCUT2D eigenvalue weighted by molar-refractivity contribution is 0.0932. The summed E-state index contributed by atoms with van der Waals surface area (Å²) in [4.78, 5) is 0. The highest BCUT2D eigenvalue weighted by molar-refractivity contribution is 6.30. The normalized spacial score (nSPS) is 15.4. The molecule has 1 aromatic rings. The average molecular weight is 203 g/mol. The molecule has 0 heterocycles. The van der Waals surface area contributed by atoms with Crippen LogP contribution in [0.4, 0.5) is 4.39 Å². The van der Waals surface area contributed by atoms with Gasteiger partial charge in [0.05, 0.1) is 6.10 Å². The monoisotopic (exact) mass is 202 g/mol. The van der Waals surface area contributed by atoms with Crippen LogP contribution < -0.4 is 0 Å². The van der Waals surface area contributed by atoms with Crippen molar-refractivity contribution in [1.82, 2.24) is 0 Å². The minimum atomic E-state index is -1.22. The van der Waals surface area contributed by atoms with Crippen LogP contribution in [0.5, 0.6) is 0 Å². The third kappa shape index (κ3) is 3.33. The molecule has 0 saturated carbocycles. The summed E-state index contributed by atoms with van der Waals surface area (Å²) in [7, 11) is 0. The smallest absolute Gasteiger partial charge is 0.130 e. The van der Waals surface area contributed by atoms with Gasteiger partial charge in [0, 0.05) is 11.4 Å². The fourth-order valence-electron chi connectivity index (χ4n) is 1.06. The molecular weight excluding hydrogens is 191 g/mol. The fourth-order valence-corrected chi connectivity index (χ4v) is 1.27. The van der Waals surface area contributed by atoms with E-state index < -0.39 is 12.3 Å². The van der Waals surface area contributed by atoms with Crippen molar-refractivity contribution < 1.29 is 9.50 Å². The van der Waals surface area contributed by atoms with Gasteiger partial charge >= 0.3 is 0 Å². The summed E-state index contributed by atoms with van der Waals surface area (Å²) in [5, 5.41) is 9.54. The van der Waals surface area contributed by atoms with E-state index in [-0.39, 0.29) is 6.42 Å². The molecule has 1 nitrogen and oxygen atoms in total. The van der Waals surface area contributed by atoms with Crippen molar-refractivity contribution in [2.75, 3.05) is 0 Å². The Kier molecular flexibility index (Phi) is 3.70. The van der Waals surface area contributed by atoms with Crippen molar-refractivity contribution in [1.29, 1.82) is 0 Å². The van der Waals surface area contributed by atoms with Gasteiger partial charge in [-0.05, 0) is 24.6 Å². The van der Waals surface area contributed by atoms with Crippen LogP contribution in [0.1, 0.15) is 12.5 Å². The molecule has 1 aromatic carbocycles. The molecule has 0 aliphatic heterocycles. The number of hydrogen-bond donors (Lipinski definition) is 1. The van der Waals surface area contributed by atoms with Gasteiger partial charge in [-0.1, -0.05) is 23.7 Å². The summed E-state index contributed by atoms with van der Waals surface area (Å²) in [6.07, 6.45) is -1.95. The molecule has 1 rings (SSSR count). The largest absolute Gasteiger partial charge is 0.390 e. The van der Waals surface area contributed by atoms with E-state index in [0.717, 1.165) is 5.56 Å². The fraction of sp³-hybridized carbons (Fsp3) is 0.400. The zero-order valence-electron chi connectivity index (χ0n) is 7.37. The Bertz CT molecular complexity index is 275. The molecule has 0 spiro atoms. The molecule has 0 amide bonds. The predicted octanol–water partition coefficient (Wildman–Crippen LogP) is 2.60. The molecule has 0 radical (unpaired) electrons. The molecule has 0 aromatic heterocycles. The number of aliphatic hydroxyl groups is 1. The third-order valence-corrected chi connectivity index (χ3v) is 2.08. The lowest BCUT2D eigenvalue weighted by Gasteiger charge is -2.10. The van der Waals surface area contributed by atoms with Gasteiger partial charge in [0.15, 0.2) is 0 Å². The second kappa shape index (κ2) is 4.58. The highest BCUT2D eigenvalue weighted by Gasteiger charge is 2.13. The standard InChI is InChI=1S/C10H12ClFO/c1-7(13)10(12)6-8-3-2-4-9(11)5-8/h2-5,7,10,13H,6H2,1H3. The highest BCUT2D eigenvalue weighted by atomic mass is 35.5. The van der Waals surface area contributed by atoms with Crippen LogP contribution in [0.25, 0.3) is 0 Å². The summed E-state index contributed by atoms with van der Waals surface area (Å²) < 4.78 is 13.0. The zero-order valence-corrected chi connectivity index (χ0v) is 8.13. The Morgan fingerprint density at radius 2 is 2.23 bits per heavy atom. The van der Waals surface area contributed by atoms with Crippen LogP contribution in [0.15, 0.2) is 24.3 Å². The minimum Gasteiger partial charge on any atom is -0.390 e. The van der Waals surface area contributed by atoms with Gasteiger partial charge in [-0.25, -0.2) is 4.39 Å². The molecule has 1 N–H and O–H groups in total. The third-order valence-electron chi connectivity index (χ3n) is 1.84. The topological polar surface area (TPSA) is 20.2 Å². The van der Waals surface area contributed by atoms with E-state index in [1.807, 2.05) is 0 Å². The lowest BCUT2D eigenvalue weighted by Crippen LogP contribution is -2.20. The number of aliphatic hydroxyl groups excluding tert-OH is 1. The highest BCUT2D eigenvalue weighted by Crippen LogP contribution is 2.14. The van der Waals surface area contributed by atoms with E-state index in [9.17, 15) is 4.39 Å². The van der Waals surface area contributed by atoms with Gasteiger partial charge in [0.25, 0.3) is 0 Å². The number of rotatable bonds is 3. The van der Waals surface area contributed by atoms with Crippen molar-refractivity contribution in [3.63, 3.8) is 0 Å². The molecule has 72 valence electrons. The van der Waals surface area contributed by atoms with E-state index >= 15 is 0 Å². The molecule has 0 bridgehead atoms. The quantitative estimate of drug-likeness (QED) is 0.799. The van der Waals surface area contributed by atoms with Gasteiger partial charge in [-0.15, -0.1) is 0 Å². The molecule has 0 fully saturated rings. The van der Waals surface area contributed by atoms with Crippen molar-refractivity contribution in [3.05, 3.63) is 34.9 Å². The van der Waals surface area contributed by atoms with E-state index in [0.29, 0.717) is 5.02 Å². The van der Waals surface area contributed by atoms with Crippen LogP contribution in [-0.4, -0.2) is 17.4 Å². The van der Waals surface area contributed by atoms with Crippen LogP contribution in [0.2, 0.25) is 5.02 Å². The summed E-state index contributed by atoms with van der Waals surface area (Å²) >= 11 is 5.72. The van der Waals surface area contributed by atoms with Gasteiger partial charge < -0.3 is 5.11 Å². The first-order chi connectivity index (χ1) is 6.09. The molecule has 0 saturated heterocycles. The van der Waals surface area contributed by atoms with Crippen molar-refractivity contribution >= 4 is 11.6 Å². The summed E-state index contributed by atoms with van der Waals surface area (Å²) in [6, 6.07) is 7.00. The zero-order chi connectivity index (χ0) is 9.84. The Morgan fingerprint density at radius 1 is 1.54 bits per heavy atom. The molecule has 0 aliphatic carbocycles. The van der Waals surface area contributed by atoms with Crippen LogP contribution in [0.3, 0.4) is 0 Å². The molecule has 2 atom stereocenters. The van der Waals surface area contributed by atoms with Crippen molar-refractivity contribution in [2.45, 2.75) is 25.6 Å². The molecule has 2 unspecified atom stereocenters. The van der Waals surface area contributed by atoms with E-state index in [1.54, 1.807) is 24.3 Å². The van der Waals surface area contributed by atoms with Gasteiger partial charge in [0.2, 0.25) is 0 Å². The summed E-state index contributed by atoms with van der Waals surface area (Å²) in [5.41, 5.74) is 0.806. The number of benzene rings is 1. The van der Waals surface area contributed by atoms with E-state index in [1.165, 1.54) is 6.92 Å². The lowest BCUT2D eigenvalue weighted by atomic mass is 10.1. The SMILES string of the molecule is CC(O)C(F)Cc1cccc(Cl)c1. The van der Waals surface area contributed by atoms with E-state index in [4.69, 9.17) is 16.7 Å². The Balaban J connectivity index is 2.64. The van der Waals surface area contributed by atoms with Crippen LogP contribution >= 0.6 is 11.6 Å². The molecule has 0 aliphatic rings. The van der Waals surface area contributed by atoms with Gasteiger partial charge in [-0.2, -0.15) is 0 Å². The molecular formula is C10H12ClFO. The molecule has 3 heteroatoms. The summed E-state index contributed by atoms with van der Waals surface area (Å²) in [5.74, 6) is 0. The van der Waals surface area contributed by atoms with Crippen LogP contribution in [0, 0.1) is 0 Å². The van der Waals surface area contributed by atoms with Crippen LogP contribution in [-0.2, 0) is 6.42 Å². The summed E-state index contributed by atoms with van der Waals surface area (Å²) in [6.45, 7) is 1.44. The first-order valence-corrected chi connectivity index (χ1v) is 4.54. The minimum absolute atomic E-state index is 0.207. The number of hydrogen-bond acceptors (Lipinski definition) is 1.